The van der Waals surface area contributed by atoms with Crippen LogP contribution in [0.15, 0.2) is 41.7 Å². The van der Waals surface area contributed by atoms with Gasteiger partial charge < -0.3 is 10.2 Å². The van der Waals surface area contributed by atoms with E-state index < -0.39 is 0 Å². The molecule has 0 radical (unpaired) electrons. The quantitative estimate of drug-likeness (QED) is 0.880. The van der Waals surface area contributed by atoms with Crippen molar-refractivity contribution < 1.29 is 4.84 Å². The van der Waals surface area contributed by atoms with Crippen molar-refractivity contribution in [3.05, 3.63) is 36.5 Å². The predicted octanol–water partition coefficient (Wildman–Crippen LogP) is 2.84. The number of aromatic nitrogens is 1. The molecule has 1 N–H and O–H groups in total. The van der Waals surface area contributed by atoms with Crippen LogP contribution < -0.4 is 5.32 Å². The summed E-state index contributed by atoms with van der Waals surface area (Å²) in [7, 11) is 0. The Balaban J connectivity index is 1.35. The molecule has 5 heterocycles. The van der Waals surface area contributed by atoms with Crippen molar-refractivity contribution in [2.75, 3.05) is 25.0 Å². The van der Waals surface area contributed by atoms with Crippen LogP contribution in [0, 0.1) is 5.92 Å². The maximum atomic E-state index is 5.96. The van der Waals surface area contributed by atoms with Crippen LogP contribution in [-0.2, 0) is 4.84 Å². The second-order valence-electron chi connectivity index (χ2n) is 6.96. The van der Waals surface area contributed by atoms with Gasteiger partial charge in [0.1, 0.15) is 0 Å². The molecule has 3 saturated heterocycles. The summed E-state index contributed by atoms with van der Waals surface area (Å²) in [5.74, 6) is 1.59. The van der Waals surface area contributed by atoms with Crippen LogP contribution in [0.5, 0.6) is 0 Å². The largest absolute Gasteiger partial charge is 0.386 e. The van der Waals surface area contributed by atoms with E-state index in [0.717, 1.165) is 35.4 Å². The molecule has 2 aromatic rings. The molecule has 1 aromatic carbocycles. The Morgan fingerprint density at radius 2 is 2.13 bits per heavy atom. The number of nitrogens with zero attached hydrogens (tertiary/aromatic N) is 3. The molecule has 2 bridgehead atoms. The van der Waals surface area contributed by atoms with Crippen molar-refractivity contribution in [3.63, 3.8) is 0 Å². The van der Waals surface area contributed by atoms with Crippen molar-refractivity contribution in [2.45, 2.75) is 24.9 Å². The van der Waals surface area contributed by atoms with Gasteiger partial charge in [0.2, 0.25) is 0 Å². The Morgan fingerprint density at radius 3 is 2.96 bits per heavy atom. The highest BCUT2D eigenvalue weighted by Gasteiger charge is 2.52. The first-order chi connectivity index (χ1) is 11.3. The Labute approximate surface area is 135 Å². The lowest BCUT2D eigenvalue weighted by Gasteiger charge is -2.49. The standard InChI is InChI=1S/C18H20N4O/c1-2-13-3-4-15(10-16(13)19-7-1)20-17-11-18(23-21-17)12-22-8-5-14(18)6-9-22/h1-4,7,10,14H,5-6,8-9,11-12H2,(H,20,21)/t18-/m0/s1. The fraction of sp³-hybridized carbons (Fsp3) is 0.444. The molecule has 6 rings (SSSR count). The molecule has 0 saturated carbocycles. The van der Waals surface area contributed by atoms with E-state index in [-0.39, 0.29) is 5.60 Å². The van der Waals surface area contributed by atoms with E-state index in [4.69, 9.17) is 4.84 Å². The van der Waals surface area contributed by atoms with E-state index in [2.05, 4.69) is 44.6 Å². The molecule has 1 atom stereocenters. The number of hydrogen-bond donors (Lipinski definition) is 1. The molecule has 1 aromatic heterocycles. The van der Waals surface area contributed by atoms with E-state index in [9.17, 15) is 0 Å². The van der Waals surface area contributed by atoms with Crippen LogP contribution in [0.3, 0.4) is 0 Å². The number of fused-ring (bicyclic) bond motifs is 3. The van der Waals surface area contributed by atoms with Gasteiger partial charge in [0.25, 0.3) is 0 Å². The Bertz CT molecular complexity index is 781. The molecule has 4 aliphatic rings. The van der Waals surface area contributed by atoms with Gasteiger partial charge >= 0.3 is 0 Å². The van der Waals surface area contributed by atoms with Crippen molar-refractivity contribution in [3.8, 4) is 0 Å². The van der Waals surface area contributed by atoms with Gasteiger partial charge in [-0.25, -0.2) is 0 Å². The van der Waals surface area contributed by atoms with Crippen LogP contribution >= 0.6 is 0 Å². The summed E-state index contributed by atoms with van der Waals surface area (Å²) in [6.07, 6.45) is 5.18. The average molecular weight is 308 g/mol. The van der Waals surface area contributed by atoms with Crippen LogP contribution in [0.25, 0.3) is 10.9 Å². The van der Waals surface area contributed by atoms with Crippen LogP contribution in [-0.4, -0.2) is 41.0 Å². The third-order valence-electron chi connectivity index (χ3n) is 5.52. The highest BCUT2D eigenvalue weighted by atomic mass is 16.7. The fourth-order valence-electron chi connectivity index (χ4n) is 4.30. The lowest BCUT2D eigenvalue weighted by atomic mass is 9.73. The zero-order valence-electron chi connectivity index (χ0n) is 13.0. The summed E-state index contributed by atoms with van der Waals surface area (Å²) >= 11 is 0. The molecule has 4 aliphatic heterocycles. The minimum absolute atomic E-state index is 0.0894. The van der Waals surface area contributed by atoms with Gasteiger partial charge in [0.15, 0.2) is 11.4 Å². The first-order valence-electron chi connectivity index (χ1n) is 8.40. The molecule has 3 fully saturated rings. The van der Waals surface area contributed by atoms with Gasteiger partial charge in [0.05, 0.1) is 11.9 Å². The summed E-state index contributed by atoms with van der Waals surface area (Å²) in [6, 6.07) is 10.3. The molecule has 0 amide bonds. The Morgan fingerprint density at radius 1 is 1.22 bits per heavy atom. The molecule has 0 aliphatic carbocycles. The average Bonchev–Trinajstić information content (AvgIpc) is 2.98. The van der Waals surface area contributed by atoms with Gasteiger partial charge in [-0.3, -0.25) is 9.88 Å². The van der Waals surface area contributed by atoms with Gasteiger partial charge in [-0.15, -0.1) is 0 Å². The van der Waals surface area contributed by atoms with Gasteiger partial charge in [-0.05, 0) is 44.1 Å². The Hall–Kier alpha value is -2.14. The third kappa shape index (κ3) is 2.18. The van der Waals surface area contributed by atoms with E-state index in [1.54, 1.807) is 0 Å². The number of anilines is 1. The molecule has 0 unspecified atom stereocenters. The van der Waals surface area contributed by atoms with E-state index in [1.165, 1.54) is 25.9 Å². The first kappa shape index (κ1) is 13.3. The number of oxime groups is 1. The number of rotatable bonds is 1. The molecular weight excluding hydrogens is 288 g/mol. The lowest BCUT2D eigenvalue weighted by Crippen LogP contribution is -2.59. The molecule has 23 heavy (non-hydrogen) atoms. The van der Waals surface area contributed by atoms with Crippen molar-refractivity contribution in [1.29, 1.82) is 0 Å². The minimum Gasteiger partial charge on any atom is -0.386 e. The molecule has 5 nitrogen and oxygen atoms in total. The number of hydrogen-bond acceptors (Lipinski definition) is 5. The number of amidine groups is 1. The number of nitrogens with one attached hydrogen (secondary N) is 1. The number of pyridine rings is 1. The monoisotopic (exact) mass is 308 g/mol. The molecule has 1 spiro atoms. The summed E-state index contributed by atoms with van der Waals surface area (Å²) in [5.41, 5.74) is 1.93. The molecule has 5 heteroatoms. The smallest absolute Gasteiger partial charge is 0.160 e. The number of piperidine rings is 3. The third-order valence-corrected chi connectivity index (χ3v) is 5.52. The highest BCUT2D eigenvalue weighted by molar-refractivity contribution is 5.98. The minimum atomic E-state index is -0.0894. The van der Waals surface area contributed by atoms with E-state index in [1.807, 2.05) is 12.3 Å². The van der Waals surface area contributed by atoms with Crippen molar-refractivity contribution in [1.82, 2.24) is 9.88 Å². The van der Waals surface area contributed by atoms with E-state index >= 15 is 0 Å². The lowest BCUT2D eigenvalue weighted by molar-refractivity contribution is -0.136. The van der Waals surface area contributed by atoms with E-state index in [0.29, 0.717) is 5.92 Å². The number of benzene rings is 1. The molecule has 118 valence electrons. The fourth-order valence-corrected chi connectivity index (χ4v) is 4.30. The SMILES string of the molecule is c1cnc2cc(NC3=NO[C@@]4(C3)CN3CCC4CC3)ccc2c1. The summed E-state index contributed by atoms with van der Waals surface area (Å²) in [6.45, 7) is 3.45. The maximum absolute atomic E-state index is 5.96. The zero-order valence-corrected chi connectivity index (χ0v) is 13.0. The Kier molecular flexibility index (Phi) is 2.85. The van der Waals surface area contributed by atoms with Gasteiger partial charge in [-0.2, -0.15) is 0 Å². The van der Waals surface area contributed by atoms with Crippen LogP contribution in [0.1, 0.15) is 19.3 Å². The molecular formula is C18H20N4O. The summed E-state index contributed by atoms with van der Waals surface area (Å²) in [4.78, 5) is 12.9. The first-order valence-corrected chi connectivity index (χ1v) is 8.40. The topological polar surface area (TPSA) is 49.8 Å². The van der Waals surface area contributed by atoms with Crippen molar-refractivity contribution >= 4 is 22.4 Å². The van der Waals surface area contributed by atoms with Gasteiger partial charge in [0, 0.05) is 29.7 Å². The maximum Gasteiger partial charge on any atom is 0.160 e. The predicted molar refractivity (Wildman–Crippen MR) is 90.4 cm³/mol. The van der Waals surface area contributed by atoms with Crippen molar-refractivity contribution in [2.24, 2.45) is 11.1 Å². The second-order valence-corrected chi connectivity index (χ2v) is 6.96. The summed E-state index contributed by atoms with van der Waals surface area (Å²) < 4.78 is 0. The van der Waals surface area contributed by atoms with Crippen LogP contribution in [0.4, 0.5) is 5.69 Å². The van der Waals surface area contributed by atoms with Crippen LogP contribution in [0.2, 0.25) is 0 Å². The van der Waals surface area contributed by atoms with Gasteiger partial charge in [-0.1, -0.05) is 17.3 Å². The normalized spacial score (nSPS) is 32.1. The second kappa shape index (κ2) is 4.93. The summed E-state index contributed by atoms with van der Waals surface area (Å²) in [5, 5.41) is 8.95. The highest BCUT2D eigenvalue weighted by Crippen LogP contribution is 2.43. The zero-order chi connectivity index (χ0) is 15.3.